The molecule has 0 bridgehead atoms. The highest BCUT2D eigenvalue weighted by Gasteiger charge is 2.28. The Bertz CT molecular complexity index is 1130. The van der Waals surface area contributed by atoms with Crippen LogP contribution >= 0.6 is 0 Å². The average Bonchev–Trinajstić information content (AvgIpc) is 3.43. The van der Waals surface area contributed by atoms with Crippen molar-refractivity contribution in [3.8, 4) is 0 Å². The van der Waals surface area contributed by atoms with Crippen LogP contribution in [0.4, 0.5) is 0 Å². The van der Waals surface area contributed by atoms with Crippen LogP contribution in [0.5, 0.6) is 0 Å². The summed E-state index contributed by atoms with van der Waals surface area (Å²) in [5.74, 6) is 0.724. The monoisotopic (exact) mass is 424 g/mol. The SMILES string of the molecule is CC(C)n1cc(C(=O)C2CCN(C(=O)CCCc3nn4cccc4c(=O)[nH]3)CC2)cn1. The van der Waals surface area contributed by atoms with Crippen molar-refractivity contribution in [2.24, 2.45) is 5.92 Å². The molecule has 1 N–H and O–H groups in total. The second-order valence-electron chi connectivity index (χ2n) is 8.41. The predicted molar refractivity (Wildman–Crippen MR) is 115 cm³/mol. The number of aromatic amines is 1. The van der Waals surface area contributed by atoms with E-state index in [1.807, 2.05) is 24.9 Å². The molecule has 0 spiro atoms. The molecule has 1 aliphatic heterocycles. The lowest BCUT2D eigenvalue weighted by Gasteiger charge is -2.31. The van der Waals surface area contributed by atoms with Crippen LogP contribution in [-0.4, -0.2) is 54.1 Å². The second kappa shape index (κ2) is 8.87. The van der Waals surface area contributed by atoms with Crippen molar-refractivity contribution in [3.63, 3.8) is 0 Å². The number of amides is 1. The molecule has 0 saturated carbocycles. The lowest BCUT2D eigenvalue weighted by Crippen LogP contribution is -2.40. The number of piperidine rings is 1. The molecule has 9 heteroatoms. The number of ketones is 1. The summed E-state index contributed by atoms with van der Waals surface area (Å²) in [7, 11) is 0. The van der Waals surface area contributed by atoms with Crippen molar-refractivity contribution >= 4 is 17.2 Å². The standard InChI is InChI=1S/C22H28N6O3/c1-15(2)28-14-17(13-23-28)21(30)16-8-11-26(12-9-16)20(29)7-3-6-19-24-22(31)18-5-4-10-27(18)25-19/h4-5,10,13-16H,3,6-9,11-12H2,1-2H3,(H,24,25,31). The number of aromatic nitrogens is 5. The Labute approximate surface area is 180 Å². The topological polar surface area (TPSA) is 105 Å². The maximum absolute atomic E-state index is 12.7. The molecule has 1 fully saturated rings. The molecule has 0 unspecified atom stereocenters. The maximum Gasteiger partial charge on any atom is 0.275 e. The normalized spacial score (nSPS) is 15.1. The van der Waals surface area contributed by atoms with Crippen LogP contribution in [0.3, 0.4) is 0 Å². The molecule has 3 aromatic rings. The van der Waals surface area contributed by atoms with E-state index in [2.05, 4.69) is 15.2 Å². The van der Waals surface area contributed by atoms with Gasteiger partial charge in [-0.2, -0.15) is 10.2 Å². The summed E-state index contributed by atoms with van der Waals surface area (Å²) in [4.78, 5) is 41.9. The number of fused-ring (bicyclic) bond motifs is 1. The minimum absolute atomic E-state index is 0.0589. The molecule has 164 valence electrons. The first-order chi connectivity index (χ1) is 14.9. The smallest absolute Gasteiger partial charge is 0.275 e. The van der Waals surface area contributed by atoms with E-state index in [0.29, 0.717) is 62.1 Å². The Balaban J connectivity index is 1.25. The van der Waals surface area contributed by atoms with E-state index in [4.69, 9.17) is 0 Å². The number of likely N-dealkylation sites (tertiary alicyclic amines) is 1. The summed E-state index contributed by atoms with van der Waals surface area (Å²) in [6.45, 7) is 5.24. The largest absolute Gasteiger partial charge is 0.343 e. The lowest BCUT2D eigenvalue weighted by molar-refractivity contribution is -0.132. The van der Waals surface area contributed by atoms with Gasteiger partial charge in [-0.25, -0.2) is 4.52 Å². The van der Waals surface area contributed by atoms with E-state index >= 15 is 0 Å². The Morgan fingerprint density at radius 1 is 1.26 bits per heavy atom. The van der Waals surface area contributed by atoms with E-state index in [9.17, 15) is 14.4 Å². The molecule has 0 aliphatic carbocycles. The summed E-state index contributed by atoms with van der Waals surface area (Å²) in [5, 5.41) is 8.62. The molecule has 0 radical (unpaired) electrons. The average molecular weight is 425 g/mol. The van der Waals surface area contributed by atoms with Gasteiger partial charge in [0.1, 0.15) is 11.3 Å². The van der Waals surface area contributed by atoms with Crippen molar-refractivity contribution < 1.29 is 9.59 Å². The number of carbonyl (C=O) groups excluding carboxylic acids is 2. The number of aryl methyl sites for hydroxylation is 1. The molecular weight excluding hydrogens is 396 g/mol. The fraction of sp³-hybridized carbons (Fsp3) is 0.500. The molecule has 31 heavy (non-hydrogen) atoms. The molecule has 0 aromatic carbocycles. The number of Topliss-reactive ketones (excluding diaryl/α,β-unsaturated/α-hetero) is 1. The van der Waals surface area contributed by atoms with Gasteiger partial charge in [0.25, 0.3) is 5.56 Å². The third-order valence-electron chi connectivity index (χ3n) is 5.88. The van der Waals surface area contributed by atoms with Crippen LogP contribution < -0.4 is 5.56 Å². The maximum atomic E-state index is 12.7. The number of hydrogen-bond acceptors (Lipinski definition) is 5. The molecule has 4 heterocycles. The first-order valence-electron chi connectivity index (χ1n) is 10.8. The molecule has 1 aliphatic rings. The van der Waals surface area contributed by atoms with Crippen molar-refractivity contribution in [1.29, 1.82) is 0 Å². The molecule has 0 atom stereocenters. The summed E-state index contributed by atoms with van der Waals surface area (Å²) in [6.07, 6.45) is 8.09. The quantitative estimate of drug-likeness (QED) is 0.586. The van der Waals surface area contributed by atoms with Gasteiger partial charge < -0.3 is 9.88 Å². The minimum atomic E-state index is -0.174. The lowest BCUT2D eigenvalue weighted by atomic mass is 9.90. The Hall–Kier alpha value is -3.23. The summed E-state index contributed by atoms with van der Waals surface area (Å²) >= 11 is 0. The van der Waals surface area contributed by atoms with E-state index in [1.54, 1.807) is 33.7 Å². The van der Waals surface area contributed by atoms with Gasteiger partial charge in [-0.15, -0.1) is 0 Å². The summed E-state index contributed by atoms with van der Waals surface area (Å²) in [6, 6.07) is 3.71. The Kier molecular flexibility index (Phi) is 6.01. The highest BCUT2D eigenvalue weighted by atomic mass is 16.2. The summed E-state index contributed by atoms with van der Waals surface area (Å²) < 4.78 is 3.35. The minimum Gasteiger partial charge on any atom is -0.343 e. The third-order valence-corrected chi connectivity index (χ3v) is 5.88. The van der Waals surface area contributed by atoms with E-state index in [1.165, 1.54) is 0 Å². The highest BCUT2D eigenvalue weighted by Crippen LogP contribution is 2.23. The van der Waals surface area contributed by atoms with Crippen LogP contribution in [-0.2, 0) is 11.2 Å². The van der Waals surface area contributed by atoms with E-state index in [0.717, 1.165) is 0 Å². The Morgan fingerprint density at radius 2 is 2.03 bits per heavy atom. The van der Waals surface area contributed by atoms with E-state index < -0.39 is 0 Å². The number of hydrogen-bond donors (Lipinski definition) is 1. The van der Waals surface area contributed by atoms with Crippen LogP contribution in [0.2, 0.25) is 0 Å². The fourth-order valence-electron chi connectivity index (χ4n) is 4.04. The molecule has 1 saturated heterocycles. The number of nitrogens with zero attached hydrogens (tertiary/aromatic N) is 5. The summed E-state index contributed by atoms with van der Waals surface area (Å²) in [5.41, 5.74) is 0.987. The fourth-order valence-corrected chi connectivity index (χ4v) is 4.04. The van der Waals surface area contributed by atoms with Crippen molar-refractivity contribution in [1.82, 2.24) is 29.3 Å². The van der Waals surface area contributed by atoms with Crippen molar-refractivity contribution in [3.05, 3.63) is 52.5 Å². The zero-order valence-electron chi connectivity index (χ0n) is 18.0. The van der Waals surface area contributed by atoms with Gasteiger partial charge in [-0.1, -0.05) is 0 Å². The van der Waals surface area contributed by atoms with Crippen molar-refractivity contribution in [2.45, 2.75) is 52.0 Å². The predicted octanol–water partition coefficient (Wildman–Crippen LogP) is 2.24. The number of carbonyl (C=O) groups is 2. The van der Waals surface area contributed by atoms with Gasteiger partial charge in [-0.05, 0) is 45.2 Å². The molecule has 1 amide bonds. The van der Waals surface area contributed by atoms with Crippen LogP contribution in [0.1, 0.15) is 61.8 Å². The van der Waals surface area contributed by atoms with Crippen LogP contribution in [0.15, 0.2) is 35.5 Å². The third kappa shape index (κ3) is 4.60. The molecule has 9 nitrogen and oxygen atoms in total. The molecule has 3 aromatic heterocycles. The Morgan fingerprint density at radius 3 is 2.74 bits per heavy atom. The number of rotatable bonds is 7. The van der Waals surface area contributed by atoms with Gasteiger partial charge >= 0.3 is 0 Å². The van der Waals surface area contributed by atoms with Crippen LogP contribution in [0.25, 0.3) is 5.52 Å². The van der Waals surface area contributed by atoms with Crippen molar-refractivity contribution in [2.75, 3.05) is 13.1 Å². The number of H-pyrrole nitrogens is 1. The zero-order chi connectivity index (χ0) is 22.0. The van der Waals surface area contributed by atoms with Gasteiger partial charge in [0.2, 0.25) is 5.91 Å². The molecule has 4 rings (SSSR count). The first kappa shape index (κ1) is 21.0. The number of nitrogens with one attached hydrogen (secondary N) is 1. The van der Waals surface area contributed by atoms with Crippen LogP contribution in [0, 0.1) is 5.92 Å². The van der Waals surface area contributed by atoms with Gasteiger partial charge in [0, 0.05) is 50.3 Å². The van der Waals surface area contributed by atoms with Gasteiger partial charge in [0.15, 0.2) is 5.78 Å². The second-order valence-corrected chi connectivity index (χ2v) is 8.41. The first-order valence-corrected chi connectivity index (χ1v) is 10.8. The van der Waals surface area contributed by atoms with Gasteiger partial charge in [-0.3, -0.25) is 19.1 Å². The van der Waals surface area contributed by atoms with E-state index in [-0.39, 0.29) is 29.2 Å². The highest BCUT2D eigenvalue weighted by molar-refractivity contribution is 5.97. The molecular formula is C22H28N6O3. The zero-order valence-corrected chi connectivity index (χ0v) is 18.0. The van der Waals surface area contributed by atoms with Gasteiger partial charge in [0.05, 0.1) is 11.8 Å².